The van der Waals surface area contributed by atoms with Gasteiger partial charge in [-0.2, -0.15) is 0 Å². The van der Waals surface area contributed by atoms with Gasteiger partial charge in [0.25, 0.3) is 11.8 Å². The molecule has 0 spiro atoms. The summed E-state index contributed by atoms with van der Waals surface area (Å²) in [6.07, 6.45) is 3.24. The van der Waals surface area contributed by atoms with Gasteiger partial charge in [-0.05, 0) is 12.8 Å². The van der Waals surface area contributed by atoms with E-state index in [0.717, 1.165) is 12.8 Å². The molecule has 0 radical (unpaired) electrons. The van der Waals surface area contributed by atoms with E-state index in [2.05, 4.69) is 4.84 Å². The fraction of sp³-hybridized carbons (Fsp3) is 0.667. The first-order chi connectivity index (χ1) is 7.11. The summed E-state index contributed by atoms with van der Waals surface area (Å²) in [5.41, 5.74) is -1.16. The molecule has 82 valence electrons. The predicted octanol–water partition coefficient (Wildman–Crippen LogP) is 1.45. The number of hydrogen-bond donors (Lipinski definition) is 0. The Hall–Kier alpha value is -1.10. The van der Waals surface area contributed by atoms with Gasteiger partial charge in [-0.1, -0.05) is 12.8 Å². The highest BCUT2D eigenvalue weighted by Gasteiger charge is 2.50. The first kappa shape index (κ1) is 10.4. The maximum atomic E-state index is 11.7. The summed E-state index contributed by atoms with van der Waals surface area (Å²) in [6.45, 7) is 0. The molecule has 0 bridgehead atoms. The molecular weight excluding hydrogens is 222 g/mol. The van der Waals surface area contributed by atoms with Crippen LogP contribution < -0.4 is 0 Å². The van der Waals surface area contributed by atoms with Crippen LogP contribution in [-0.4, -0.2) is 22.3 Å². The zero-order valence-electron chi connectivity index (χ0n) is 7.94. The minimum absolute atomic E-state index is 0.317. The summed E-state index contributed by atoms with van der Waals surface area (Å²) < 4.78 is 0. The lowest BCUT2D eigenvalue weighted by molar-refractivity contribution is -0.171. The number of hydrogen-bond acceptors (Lipinski definition) is 4. The molecule has 2 amide bonds. The third kappa shape index (κ3) is 1.71. The van der Waals surface area contributed by atoms with E-state index in [-0.39, 0.29) is 11.8 Å². The quantitative estimate of drug-likeness (QED) is 0.506. The van der Waals surface area contributed by atoms with Crippen LogP contribution in [0.2, 0.25) is 0 Å². The van der Waals surface area contributed by atoms with Crippen molar-refractivity contribution >= 4 is 28.8 Å². The molecule has 1 heterocycles. The van der Waals surface area contributed by atoms with Crippen molar-refractivity contribution in [3.63, 3.8) is 0 Å². The number of hydroxylamine groups is 2. The molecule has 1 saturated carbocycles. The van der Waals surface area contributed by atoms with Crippen LogP contribution >= 0.6 is 11.6 Å². The van der Waals surface area contributed by atoms with Crippen molar-refractivity contribution in [1.29, 1.82) is 0 Å². The normalized spacial score (nSPS) is 30.3. The van der Waals surface area contributed by atoms with Crippen LogP contribution in [0.1, 0.15) is 25.7 Å². The molecule has 2 unspecified atom stereocenters. The highest BCUT2D eigenvalue weighted by atomic mass is 35.5. The SMILES string of the molecule is O=C(Cl)ON1C(=O)C2CCCCC2C1=O. The standard InChI is InChI=1S/C9H10ClNO4/c10-9(14)15-11-7(12)5-3-1-2-4-6(5)8(11)13/h5-6H,1-4H2. The Labute approximate surface area is 91.3 Å². The van der Waals surface area contributed by atoms with Gasteiger partial charge in [-0.3, -0.25) is 9.59 Å². The topological polar surface area (TPSA) is 63.7 Å². The van der Waals surface area contributed by atoms with Gasteiger partial charge in [0, 0.05) is 11.6 Å². The van der Waals surface area contributed by atoms with Gasteiger partial charge in [-0.25, -0.2) is 4.79 Å². The summed E-state index contributed by atoms with van der Waals surface area (Å²) in [5, 5.41) is 0.524. The van der Waals surface area contributed by atoms with Gasteiger partial charge < -0.3 is 4.84 Å². The monoisotopic (exact) mass is 231 g/mol. The van der Waals surface area contributed by atoms with E-state index in [1.807, 2.05) is 0 Å². The van der Waals surface area contributed by atoms with Crippen LogP contribution in [0.5, 0.6) is 0 Å². The average molecular weight is 232 g/mol. The molecular formula is C9H10ClNO4. The lowest BCUT2D eigenvalue weighted by Crippen LogP contribution is -2.32. The Balaban J connectivity index is 2.17. The molecule has 5 nitrogen and oxygen atoms in total. The van der Waals surface area contributed by atoms with Gasteiger partial charge in [-0.15, -0.1) is 5.06 Å². The molecule has 2 rings (SSSR count). The Bertz CT molecular complexity index is 306. The molecule has 0 aromatic heterocycles. The van der Waals surface area contributed by atoms with E-state index in [1.165, 1.54) is 0 Å². The van der Waals surface area contributed by atoms with Crippen molar-refractivity contribution < 1.29 is 19.2 Å². The molecule has 1 aliphatic carbocycles. The molecule has 1 saturated heterocycles. The first-order valence-electron chi connectivity index (χ1n) is 4.86. The first-order valence-corrected chi connectivity index (χ1v) is 5.24. The van der Waals surface area contributed by atoms with Gasteiger partial charge >= 0.3 is 5.43 Å². The molecule has 2 aliphatic rings. The van der Waals surface area contributed by atoms with Crippen LogP contribution in [-0.2, 0) is 14.4 Å². The Morgan fingerprint density at radius 3 is 2.07 bits per heavy atom. The molecule has 0 aromatic rings. The maximum absolute atomic E-state index is 11.7. The summed E-state index contributed by atoms with van der Waals surface area (Å²) in [7, 11) is 0. The molecule has 1 aliphatic heterocycles. The third-order valence-corrected chi connectivity index (χ3v) is 3.03. The maximum Gasteiger partial charge on any atom is 0.428 e. The summed E-state index contributed by atoms with van der Waals surface area (Å²) in [4.78, 5) is 38.2. The van der Waals surface area contributed by atoms with E-state index in [1.54, 1.807) is 0 Å². The predicted molar refractivity (Wildman–Crippen MR) is 49.6 cm³/mol. The summed E-state index contributed by atoms with van der Waals surface area (Å²) in [6, 6.07) is 0. The molecule has 6 heteroatoms. The van der Waals surface area contributed by atoms with E-state index in [9.17, 15) is 14.4 Å². The number of carbonyl (C=O) groups excluding carboxylic acids is 3. The fourth-order valence-corrected chi connectivity index (χ4v) is 2.36. The Kier molecular flexibility index (Phi) is 2.65. The van der Waals surface area contributed by atoms with E-state index in [4.69, 9.17) is 11.6 Å². The zero-order chi connectivity index (χ0) is 11.0. The lowest BCUT2D eigenvalue weighted by atomic mass is 9.81. The fourth-order valence-electron chi connectivity index (χ4n) is 2.29. The number of rotatable bonds is 1. The van der Waals surface area contributed by atoms with Gasteiger partial charge in [0.05, 0.1) is 11.8 Å². The highest BCUT2D eigenvalue weighted by molar-refractivity contribution is 6.61. The Morgan fingerprint density at radius 1 is 1.20 bits per heavy atom. The van der Waals surface area contributed by atoms with Crippen LogP contribution in [0.15, 0.2) is 0 Å². The van der Waals surface area contributed by atoms with Crippen molar-refractivity contribution in [2.24, 2.45) is 11.8 Å². The van der Waals surface area contributed by atoms with Crippen molar-refractivity contribution in [2.45, 2.75) is 25.7 Å². The molecule has 0 N–H and O–H groups in total. The van der Waals surface area contributed by atoms with Gasteiger partial charge in [0.15, 0.2) is 0 Å². The van der Waals surface area contributed by atoms with Gasteiger partial charge in [0.1, 0.15) is 0 Å². The van der Waals surface area contributed by atoms with Crippen molar-refractivity contribution in [3.05, 3.63) is 0 Å². The molecule has 15 heavy (non-hydrogen) atoms. The second-order valence-electron chi connectivity index (χ2n) is 3.80. The zero-order valence-corrected chi connectivity index (χ0v) is 8.70. The van der Waals surface area contributed by atoms with Crippen LogP contribution in [0.4, 0.5) is 4.79 Å². The second kappa shape index (κ2) is 3.81. The van der Waals surface area contributed by atoms with E-state index >= 15 is 0 Å². The number of carbonyl (C=O) groups is 3. The third-order valence-electron chi connectivity index (χ3n) is 2.96. The number of nitrogens with zero attached hydrogens (tertiary/aromatic N) is 1. The number of halogens is 1. The molecule has 2 atom stereocenters. The molecule has 0 aromatic carbocycles. The number of imide groups is 1. The largest absolute Gasteiger partial charge is 0.428 e. The van der Waals surface area contributed by atoms with Crippen molar-refractivity contribution in [2.75, 3.05) is 0 Å². The highest BCUT2D eigenvalue weighted by Crippen LogP contribution is 2.38. The number of amides is 2. The summed E-state index contributed by atoms with van der Waals surface area (Å²) >= 11 is 4.98. The lowest BCUT2D eigenvalue weighted by Gasteiger charge is -2.19. The van der Waals surface area contributed by atoms with E-state index < -0.39 is 17.2 Å². The minimum atomic E-state index is -1.16. The van der Waals surface area contributed by atoms with Gasteiger partial charge in [0.2, 0.25) is 0 Å². The van der Waals surface area contributed by atoms with Crippen molar-refractivity contribution in [1.82, 2.24) is 5.06 Å². The summed E-state index contributed by atoms with van der Waals surface area (Å²) in [5.74, 6) is -1.50. The number of fused-ring (bicyclic) bond motifs is 1. The Morgan fingerprint density at radius 2 is 1.67 bits per heavy atom. The van der Waals surface area contributed by atoms with Crippen LogP contribution in [0, 0.1) is 11.8 Å². The smallest absolute Gasteiger partial charge is 0.315 e. The minimum Gasteiger partial charge on any atom is -0.315 e. The van der Waals surface area contributed by atoms with E-state index in [0.29, 0.717) is 17.9 Å². The van der Waals surface area contributed by atoms with Crippen LogP contribution in [0.3, 0.4) is 0 Å². The second-order valence-corrected chi connectivity index (χ2v) is 4.11. The molecule has 2 fully saturated rings. The average Bonchev–Trinajstić information content (AvgIpc) is 2.44. The van der Waals surface area contributed by atoms with Crippen molar-refractivity contribution in [3.8, 4) is 0 Å². The van der Waals surface area contributed by atoms with Crippen LogP contribution in [0.25, 0.3) is 0 Å².